The molecule has 0 aromatic carbocycles. The van der Waals surface area contributed by atoms with E-state index in [0.717, 1.165) is 19.3 Å². The molecule has 0 aromatic rings. The molecular formula is C11H18O4. The zero-order valence-corrected chi connectivity index (χ0v) is 9.32. The molecule has 0 N–H and O–H groups in total. The van der Waals surface area contributed by atoms with Crippen LogP contribution in [0.15, 0.2) is 12.2 Å². The van der Waals surface area contributed by atoms with Crippen molar-refractivity contribution in [2.75, 3.05) is 13.7 Å². The minimum absolute atomic E-state index is 0.190. The number of rotatable bonds is 7. The first-order valence-corrected chi connectivity index (χ1v) is 5.10. The predicted octanol–water partition coefficient (Wildman–Crippen LogP) is 1.84. The highest BCUT2D eigenvalue weighted by Gasteiger charge is 1.98. The molecule has 0 rings (SSSR count). The summed E-state index contributed by atoms with van der Waals surface area (Å²) in [6.45, 7) is 2.16. The van der Waals surface area contributed by atoms with Gasteiger partial charge in [0, 0.05) is 12.5 Å². The zero-order valence-electron chi connectivity index (χ0n) is 9.32. The predicted molar refractivity (Wildman–Crippen MR) is 56.3 cm³/mol. The van der Waals surface area contributed by atoms with Gasteiger partial charge in [0.1, 0.15) is 0 Å². The van der Waals surface area contributed by atoms with Crippen LogP contribution in [0.5, 0.6) is 0 Å². The average Bonchev–Trinajstić information content (AvgIpc) is 2.23. The number of esters is 2. The number of unbranched alkanes of at least 4 members (excludes halogenated alkanes) is 2. The van der Waals surface area contributed by atoms with Crippen LogP contribution in [0.4, 0.5) is 0 Å². The number of carbonyl (C=O) groups excluding carboxylic acids is 2. The lowest BCUT2D eigenvalue weighted by Gasteiger charge is -1.97. The smallest absolute Gasteiger partial charge is 0.330 e. The highest BCUT2D eigenvalue weighted by molar-refractivity contribution is 5.81. The van der Waals surface area contributed by atoms with Gasteiger partial charge in [-0.3, -0.25) is 4.79 Å². The van der Waals surface area contributed by atoms with Crippen LogP contribution in [0.25, 0.3) is 0 Å². The van der Waals surface area contributed by atoms with Crippen LogP contribution >= 0.6 is 0 Å². The second-order valence-corrected chi connectivity index (χ2v) is 2.98. The fraction of sp³-hybridized carbons (Fsp3) is 0.636. The van der Waals surface area contributed by atoms with E-state index in [-0.39, 0.29) is 11.9 Å². The Kier molecular flexibility index (Phi) is 8.43. The molecule has 0 aliphatic carbocycles. The second kappa shape index (κ2) is 9.24. The monoisotopic (exact) mass is 214 g/mol. The molecule has 0 atom stereocenters. The quantitative estimate of drug-likeness (QED) is 0.368. The van der Waals surface area contributed by atoms with E-state index in [0.29, 0.717) is 13.0 Å². The van der Waals surface area contributed by atoms with E-state index in [1.165, 1.54) is 13.2 Å². The summed E-state index contributed by atoms with van der Waals surface area (Å²) in [6.07, 6.45) is 6.03. The van der Waals surface area contributed by atoms with Gasteiger partial charge in [-0.15, -0.1) is 0 Å². The summed E-state index contributed by atoms with van der Waals surface area (Å²) in [5, 5.41) is 0. The Morgan fingerprint density at radius 1 is 1.27 bits per heavy atom. The normalized spacial score (nSPS) is 10.3. The Balaban J connectivity index is 3.38. The van der Waals surface area contributed by atoms with Crippen molar-refractivity contribution in [1.29, 1.82) is 0 Å². The van der Waals surface area contributed by atoms with Crippen molar-refractivity contribution in [3.63, 3.8) is 0 Å². The summed E-state index contributed by atoms with van der Waals surface area (Å²) in [5.41, 5.74) is 0. The van der Waals surface area contributed by atoms with Crippen LogP contribution < -0.4 is 0 Å². The van der Waals surface area contributed by atoms with Gasteiger partial charge in [-0.2, -0.15) is 0 Å². The lowest BCUT2D eigenvalue weighted by atomic mass is 10.2. The molecule has 0 aliphatic heterocycles. The molecule has 0 fully saturated rings. The Morgan fingerprint density at radius 2 is 2.00 bits per heavy atom. The van der Waals surface area contributed by atoms with Gasteiger partial charge in [-0.05, 0) is 26.2 Å². The van der Waals surface area contributed by atoms with E-state index in [4.69, 9.17) is 4.74 Å². The molecule has 4 heteroatoms. The lowest BCUT2D eigenvalue weighted by molar-refractivity contribution is -0.141. The van der Waals surface area contributed by atoms with E-state index in [1.807, 2.05) is 0 Å². The van der Waals surface area contributed by atoms with Crippen molar-refractivity contribution in [1.82, 2.24) is 0 Å². The van der Waals surface area contributed by atoms with Crippen LogP contribution in [0.1, 0.15) is 32.6 Å². The van der Waals surface area contributed by atoms with Crippen molar-refractivity contribution >= 4 is 11.9 Å². The molecule has 0 heterocycles. The molecule has 4 nitrogen and oxygen atoms in total. The van der Waals surface area contributed by atoms with Gasteiger partial charge < -0.3 is 9.47 Å². The highest BCUT2D eigenvalue weighted by Crippen LogP contribution is 2.01. The summed E-state index contributed by atoms with van der Waals surface area (Å²) in [6, 6.07) is 0. The molecule has 0 aliphatic rings. The van der Waals surface area contributed by atoms with Crippen molar-refractivity contribution in [3.05, 3.63) is 12.2 Å². The standard InChI is InChI=1S/C11H18O4/c1-3-15-11(13)9-7-5-4-6-8-10(12)14-2/h7,9H,3-6,8H2,1-2H3. The second-order valence-electron chi connectivity index (χ2n) is 2.98. The minimum atomic E-state index is -0.314. The van der Waals surface area contributed by atoms with Gasteiger partial charge in [-0.1, -0.05) is 6.08 Å². The van der Waals surface area contributed by atoms with Crippen LogP contribution in [-0.4, -0.2) is 25.7 Å². The van der Waals surface area contributed by atoms with E-state index >= 15 is 0 Å². The summed E-state index contributed by atoms with van der Waals surface area (Å²) in [5.74, 6) is -0.505. The van der Waals surface area contributed by atoms with Gasteiger partial charge in [0.05, 0.1) is 13.7 Å². The Hall–Kier alpha value is -1.32. The van der Waals surface area contributed by atoms with Crippen molar-refractivity contribution in [2.24, 2.45) is 0 Å². The number of methoxy groups -OCH3 is 1. The highest BCUT2D eigenvalue weighted by atomic mass is 16.5. The molecule has 0 unspecified atom stereocenters. The number of ether oxygens (including phenoxy) is 2. The molecule has 86 valence electrons. The van der Waals surface area contributed by atoms with Crippen LogP contribution in [-0.2, 0) is 19.1 Å². The molecule has 0 amide bonds. The van der Waals surface area contributed by atoms with Gasteiger partial charge in [0.15, 0.2) is 0 Å². The molecule has 0 saturated heterocycles. The van der Waals surface area contributed by atoms with E-state index in [2.05, 4.69) is 4.74 Å². The molecule has 15 heavy (non-hydrogen) atoms. The SMILES string of the molecule is CCOC(=O)C=CCCCCC(=O)OC. The fourth-order valence-electron chi connectivity index (χ4n) is 1.00. The number of allylic oxidation sites excluding steroid dienone is 1. The lowest BCUT2D eigenvalue weighted by Crippen LogP contribution is -1.99. The summed E-state index contributed by atoms with van der Waals surface area (Å²) >= 11 is 0. The zero-order chi connectivity index (χ0) is 11.5. The van der Waals surface area contributed by atoms with Gasteiger partial charge in [0.2, 0.25) is 0 Å². The Bertz CT molecular complexity index is 221. The molecule has 0 spiro atoms. The number of hydrogen-bond acceptors (Lipinski definition) is 4. The van der Waals surface area contributed by atoms with E-state index in [1.54, 1.807) is 13.0 Å². The van der Waals surface area contributed by atoms with Crippen LogP contribution in [0, 0.1) is 0 Å². The third-order valence-electron chi connectivity index (χ3n) is 1.77. The van der Waals surface area contributed by atoms with Gasteiger partial charge in [-0.25, -0.2) is 4.79 Å². The molecule has 0 saturated carbocycles. The summed E-state index contributed by atoms with van der Waals surface area (Å²) in [7, 11) is 1.38. The molecule has 0 aromatic heterocycles. The first kappa shape index (κ1) is 13.7. The number of carbonyl (C=O) groups is 2. The summed E-state index contributed by atoms with van der Waals surface area (Å²) in [4.78, 5) is 21.6. The topological polar surface area (TPSA) is 52.6 Å². The average molecular weight is 214 g/mol. The fourth-order valence-corrected chi connectivity index (χ4v) is 1.00. The maximum Gasteiger partial charge on any atom is 0.330 e. The molecule has 0 bridgehead atoms. The first-order valence-electron chi connectivity index (χ1n) is 5.10. The van der Waals surface area contributed by atoms with Crippen LogP contribution in [0.2, 0.25) is 0 Å². The number of hydrogen-bond donors (Lipinski definition) is 0. The maximum atomic E-state index is 10.8. The van der Waals surface area contributed by atoms with Crippen molar-refractivity contribution < 1.29 is 19.1 Å². The van der Waals surface area contributed by atoms with Crippen molar-refractivity contribution in [3.8, 4) is 0 Å². The van der Waals surface area contributed by atoms with Crippen LogP contribution in [0.3, 0.4) is 0 Å². The maximum absolute atomic E-state index is 10.8. The Morgan fingerprint density at radius 3 is 2.60 bits per heavy atom. The molecular weight excluding hydrogens is 196 g/mol. The third-order valence-corrected chi connectivity index (χ3v) is 1.77. The largest absolute Gasteiger partial charge is 0.469 e. The van der Waals surface area contributed by atoms with Gasteiger partial charge in [0.25, 0.3) is 0 Å². The molecule has 0 radical (unpaired) electrons. The Labute approximate surface area is 90.2 Å². The van der Waals surface area contributed by atoms with Crippen molar-refractivity contribution in [2.45, 2.75) is 32.6 Å². The third kappa shape index (κ3) is 9.00. The first-order chi connectivity index (χ1) is 7.20. The summed E-state index contributed by atoms with van der Waals surface area (Å²) < 4.78 is 9.20. The van der Waals surface area contributed by atoms with Gasteiger partial charge >= 0.3 is 11.9 Å². The van der Waals surface area contributed by atoms with E-state index < -0.39 is 0 Å². The minimum Gasteiger partial charge on any atom is -0.469 e. The van der Waals surface area contributed by atoms with E-state index in [9.17, 15) is 9.59 Å².